The summed E-state index contributed by atoms with van der Waals surface area (Å²) < 4.78 is 2.63. The zero-order valence-corrected chi connectivity index (χ0v) is 12.0. The van der Waals surface area contributed by atoms with E-state index in [4.69, 9.17) is 5.73 Å². The summed E-state index contributed by atoms with van der Waals surface area (Å²) >= 11 is 2.10. The van der Waals surface area contributed by atoms with Crippen LogP contribution in [0.5, 0.6) is 0 Å². The van der Waals surface area contributed by atoms with Gasteiger partial charge in [0.15, 0.2) is 5.82 Å². The number of nitrogen functional groups attached to an aromatic ring is 1. The van der Waals surface area contributed by atoms with Crippen LogP contribution >= 0.6 is 22.6 Å². The lowest BCUT2D eigenvalue weighted by Crippen LogP contribution is -1.97. The number of aromatic nitrogens is 4. The molecule has 0 radical (unpaired) electrons. The Balaban J connectivity index is 1.99. The number of hydrogen-bond donors (Lipinski definition) is 1. The molecular weight excluding hydrogens is 353 g/mol. The Labute approximate surface area is 123 Å². The van der Waals surface area contributed by atoms with Crippen molar-refractivity contribution in [3.8, 4) is 17.1 Å². The highest BCUT2D eigenvalue weighted by Crippen LogP contribution is 2.19. The van der Waals surface area contributed by atoms with Crippen LogP contribution in [0.15, 0.2) is 48.9 Å². The monoisotopic (exact) mass is 363 g/mol. The summed E-state index contributed by atoms with van der Waals surface area (Å²) in [5.74, 6) is 1.07. The van der Waals surface area contributed by atoms with Gasteiger partial charge in [-0.25, -0.2) is 14.6 Å². The van der Waals surface area contributed by atoms with Crippen molar-refractivity contribution in [2.24, 2.45) is 0 Å². The van der Waals surface area contributed by atoms with Gasteiger partial charge in [0.05, 0.1) is 21.0 Å². The van der Waals surface area contributed by atoms with Gasteiger partial charge in [-0.15, -0.1) is 0 Å². The molecule has 0 unspecified atom stereocenters. The minimum Gasteiger partial charge on any atom is -0.383 e. The third-order valence-corrected chi connectivity index (χ3v) is 3.46. The quantitative estimate of drug-likeness (QED) is 0.711. The number of rotatable bonds is 2. The molecule has 0 atom stereocenters. The standard InChI is InChI=1S/C13H10IN5/c14-11-7-16-13(18-12(11)15)9-6-17-19(8-9)10-4-2-1-3-5-10/h1-8H,(H2,15,16,18). The minimum absolute atomic E-state index is 0.484. The molecule has 0 bridgehead atoms. The number of nitrogens with two attached hydrogens (primary N) is 1. The summed E-state index contributed by atoms with van der Waals surface area (Å²) in [5, 5.41) is 4.31. The summed E-state index contributed by atoms with van der Waals surface area (Å²) in [6.45, 7) is 0. The first-order valence-electron chi connectivity index (χ1n) is 5.62. The molecule has 2 heterocycles. The highest BCUT2D eigenvalue weighted by Gasteiger charge is 2.07. The number of nitrogens with zero attached hydrogens (tertiary/aromatic N) is 4. The molecule has 2 N–H and O–H groups in total. The first-order chi connectivity index (χ1) is 9.24. The van der Waals surface area contributed by atoms with Gasteiger partial charge in [-0.3, -0.25) is 0 Å². The fraction of sp³-hybridized carbons (Fsp3) is 0. The lowest BCUT2D eigenvalue weighted by Gasteiger charge is -2.00. The second kappa shape index (κ2) is 4.96. The Hall–Kier alpha value is -1.96. The highest BCUT2D eigenvalue weighted by molar-refractivity contribution is 14.1. The fourth-order valence-corrected chi connectivity index (χ4v) is 1.94. The van der Waals surface area contributed by atoms with Crippen LogP contribution in [0.2, 0.25) is 0 Å². The molecule has 0 aliphatic rings. The predicted octanol–water partition coefficient (Wildman–Crippen LogP) is 2.52. The van der Waals surface area contributed by atoms with Crippen molar-refractivity contribution in [3.63, 3.8) is 0 Å². The topological polar surface area (TPSA) is 69.6 Å². The smallest absolute Gasteiger partial charge is 0.164 e. The molecule has 2 aromatic heterocycles. The molecule has 94 valence electrons. The molecule has 6 heteroatoms. The van der Waals surface area contributed by atoms with E-state index in [9.17, 15) is 0 Å². The lowest BCUT2D eigenvalue weighted by atomic mass is 10.3. The van der Waals surface area contributed by atoms with Gasteiger partial charge < -0.3 is 5.73 Å². The summed E-state index contributed by atoms with van der Waals surface area (Å²) in [6.07, 6.45) is 5.32. The maximum Gasteiger partial charge on any atom is 0.164 e. The SMILES string of the molecule is Nc1nc(-c2cnn(-c3ccccc3)c2)ncc1I. The van der Waals surface area contributed by atoms with E-state index >= 15 is 0 Å². The Morgan fingerprint density at radius 1 is 1.11 bits per heavy atom. The summed E-state index contributed by atoms with van der Waals surface area (Å²) in [4.78, 5) is 8.52. The van der Waals surface area contributed by atoms with Crippen molar-refractivity contribution in [1.82, 2.24) is 19.7 Å². The Morgan fingerprint density at radius 3 is 2.63 bits per heavy atom. The molecule has 0 aliphatic heterocycles. The summed E-state index contributed by atoms with van der Waals surface area (Å²) in [6, 6.07) is 9.88. The van der Waals surface area contributed by atoms with Crippen molar-refractivity contribution in [1.29, 1.82) is 0 Å². The molecule has 0 aliphatic carbocycles. The van der Waals surface area contributed by atoms with Gasteiger partial charge in [0.25, 0.3) is 0 Å². The normalized spacial score (nSPS) is 10.6. The van der Waals surface area contributed by atoms with Crippen LogP contribution in [0, 0.1) is 3.57 Å². The first-order valence-corrected chi connectivity index (χ1v) is 6.70. The van der Waals surface area contributed by atoms with Gasteiger partial charge in [0.1, 0.15) is 5.82 Å². The summed E-state index contributed by atoms with van der Waals surface area (Å²) in [5.41, 5.74) is 7.62. The number of anilines is 1. The van der Waals surface area contributed by atoms with E-state index in [0.717, 1.165) is 14.8 Å². The van der Waals surface area contributed by atoms with Gasteiger partial charge in [0, 0.05) is 12.4 Å². The maximum atomic E-state index is 5.79. The van der Waals surface area contributed by atoms with E-state index in [1.165, 1.54) is 0 Å². The van der Waals surface area contributed by atoms with Crippen molar-refractivity contribution in [2.45, 2.75) is 0 Å². The maximum absolute atomic E-state index is 5.79. The molecule has 3 aromatic rings. The number of para-hydroxylation sites is 1. The average Bonchev–Trinajstić information content (AvgIpc) is 2.93. The zero-order chi connectivity index (χ0) is 13.2. The molecule has 0 amide bonds. The molecule has 3 rings (SSSR count). The van der Waals surface area contributed by atoms with Crippen LogP contribution in [0.25, 0.3) is 17.1 Å². The van der Waals surface area contributed by atoms with Gasteiger partial charge >= 0.3 is 0 Å². The molecule has 19 heavy (non-hydrogen) atoms. The van der Waals surface area contributed by atoms with Crippen LogP contribution < -0.4 is 5.73 Å². The molecule has 0 spiro atoms. The largest absolute Gasteiger partial charge is 0.383 e. The second-order valence-corrected chi connectivity index (χ2v) is 5.10. The Kier molecular flexibility index (Phi) is 3.16. The predicted molar refractivity (Wildman–Crippen MR) is 81.7 cm³/mol. The van der Waals surface area contributed by atoms with E-state index < -0.39 is 0 Å². The van der Waals surface area contributed by atoms with Crippen LogP contribution in [0.3, 0.4) is 0 Å². The molecular formula is C13H10IN5. The van der Waals surface area contributed by atoms with Crippen LogP contribution in [0.1, 0.15) is 0 Å². The third-order valence-electron chi connectivity index (χ3n) is 2.63. The van der Waals surface area contributed by atoms with Crippen molar-refractivity contribution in [2.75, 3.05) is 5.73 Å². The van der Waals surface area contributed by atoms with E-state index in [2.05, 4.69) is 37.7 Å². The number of benzene rings is 1. The van der Waals surface area contributed by atoms with E-state index in [-0.39, 0.29) is 0 Å². The van der Waals surface area contributed by atoms with E-state index in [1.807, 2.05) is 36.5 Å². The molecule has 1 aromatic carbocycles. The molecule has 5 nitrogen and oxygen atoms in total. The summed E-state index contributed by atoms with van der Waals surface area (Å²) in [7, 11) is 0. The lowest BCUT2D eigenvalue weighted by molar-refractivity contribution is 0.880. The van der Waals surface area contributed by atoms with E-state index in [0.29, 0.717) is 11.6 Å². The first kappa shape index (κ1) is 12.1. The van der Waals surface area contributed by atoms with Crippen molar-refractivity contribution >= 4 is 28.4 Å². The molecule has 0 saturated heterocycles. The minimum atomic E-state index is 0.484. The number of halogens is 1. The average molecular weight is 363 g/mol. The van der Waals surface area contributed by atoms with Gasteiger partial charge in [-0.2, -0.15) is 5.10 Å². The Bertz CT molecular complexity index is 708. The fourth-order valence-electron chi connectivity index (χ4n) is 1.68. The van der Waals surface area contributed by atoms with Crippen molar-refractivity contribution < 1.29 is 0 Å². The van der Waals surface area contributed by atoms with Crippen LogP contribution in [-0.2, 0) is 0 Å². The van der Waals surface area contributed by atoms with Crippen LogP contribution in [-0.4, -0.2) is 19.7 Å². The van der Waals surface area contributed by atoms with E-state index in [1.54, 1.807) is 17.1 Å². The second-order valence-electron chi connectivity index (χ2n) is 3.94. The number of hydrogen-bond acceptors (Lipinski definition) is 4. The third kappa shape index (κ3) is 2.43. The zero-order valence-electron chi connectivity index (χ0n) is 9.86. The van der Waals surface area contributed by atoms with Gasteiger partial charge in [-0.05, 0) is 34.7 Å². The van der Waals surface area contributed by atoms with Gasteiger partial charge in [-0.1, -0.05) is 18.2 Å². The van der Waals surface area contributed by atoms with Gasteiger partial charge in [0.2, 0.25) is 0 Å². The Morgan fingerprint density at radius 2 is 1.89 bits per heavy atom. The highest BCUT2D eigenvalue weighted by atomic mass is 127. The molecule has 0 saturated carbocycles. The van der Waals surface area contributed by atoms with Crippen LogP contribution in [0.4, 0.5) is 5.82 Å². The molecule has 0 fully saturated rings. The van der Waals surface area contributed by atoms with Crippen molar-refractivity contribution in [3.05, 3.63) is 52.5 Å².